The minimum atomic E-state index is -0.391. The van der Waals surface area contributed by atoms with Crippen molar-refractivity contribution < 1.29 is 9.53 Å². The Kier molecular flexibility index (Phi) is 5.34. The average Bonchev–Trinajstić information content (AvgIpc) is 2.50. The van der Waals surface area contributed by atoms with Gasteiger partial charge < -0.3 is 10.1 Å². The molecule has 0 saturated carbocycles. The maximum atomic E-state index is 11.5. The Hall–Kier alpha value is -1.42. The number of carbonyl (C=O) groups excluding carboxylic acids is 1. The summed E-state index contributed by atoms with van der Waals surface area (Å²) in [6, 6.07) is 10.3. The lowest BCUT2D eigenvalue weighted by atomic mass is 10.2. The first-order valence-corrected chi connectivity index (χ1v) is 7.21. The summed E-state index contributed by atoms with van der Waals surface area (Å²) in [6.45, 7) is 0.392. The van der Waals surface area contributed by atoms with Crippen LogP contribution in [0, 0.1) is 0 Å². The molecular weight excluding hydrogens is 333 g/mol. The lowest BCUT2D eigenvalue weighted by Gasteiger charge is -2.11. The van der Waals surface area contributed by atoms with Gasteiger partial charge in [-0.05, 0) is 30.3 Å². The van der Waals surface area contributed by atoms with Gasteiger partial charge in [0, 0.05) is 22.8 Å². The molecule has 0 aliphatic carbocycles. The summed E-state index contributed by atoms with van der Waals surface area (Å²) >= 11 is 18.2. The third-order valence-corrected chi connectivity index (χ3v) is 4.09. The van der Waals surface area contributed by atoms with Crippen LogP contribution in [0.3, 0.4) is 0 Å². The molecule has 0 aliphatic rings. The molecule has 0 bridgehead atoms. The van der Waals surface area contributed by atoms with Crippen molar-refractivity contribution in [2.24, 2.45) is 0 Å². The second-order valence-electron chi connectivity index (χ2n) is 4.25. The second kappa shape index (κ2) is 7.03. The summed E-state index contributed by atoms with van der Waals surface area (Å²) in [4.78, 5) is 11.5. The molecule has 0 unspecified atom stereocenters. The van der Waals surface area contributed by atoms with E-state index in [1.165, 1.54) is 7.11 Å². The van der Waals surface area contributed by atoms with Gasteiger partial charge in [-0.1, -0.05) is 40.9 Å². The molecule has 0 aromatic heterocycles. The van der Waals surface area contributed by atoms with Crippen LogP contribution in [0.4, 0.5) is 5.69 Å². The maximum Gasteiger partial charge on any atom is 0.337 e. The Morgan fingerprint density at radius 3 is 2.57 bits per heavy atom. The first kappa shape index (κ1) is 16.0. The van der Waals surface area contributed by atoms with E-state index >= 15 is 0 Å². The number of anilines is 1. The fourth-order valence-electron chi connectivity index (χ4n) is 1.80. The Morgan fingerprint density at radius 2 is 1.86 bits per heavy atom. The number of hydrogen-bond acceptors (Lipinski definition) is 3. The van der Waals surface area contributed by atoms with E-state index in [-0.39, 0.29) is 0 Å². The van der Waals surface area contributed by atoms with Gasteiger partial charge in [-0.2, -0.15) is 0 Å². The smallest absolute Gasteiger partial charge is 0.337 e. The first-order chi connectivity index (χ1) is 10.0. The van der Waals surface area contributed by atoms with E-state index < -0.39 is 5.97 Å². The lowest BCUT2D eigenvalue weighted by Crippen LogP contribution is -2.04. The summed E-state index contributed by atoms with van der Waals surface area (Å²) in [5.74, 6) is -0.391. The van der Waals surface area contributed by atoms with Gasteiger partial charge in [0.25, 0.3) is 0 Å². The van der Waals surface area contributed by atoms with Gasteiger partial charge in [0.2, 0.25) is 0 Å². The number of carbonyl (C=O) groups is 1. The molecule has 110 valence electrons. The number of hydrogen-bond donors (Lipinski definition) is 1. The van der Waals surface area contributed by atoms with Crippen molar-refractivity contribution in [3.05, 3.63) is 62.6 Å². The van der Waals surface area contributed by atoms with E-state index in [2.05, 4.69) is 10.1 Å². The van der Waals surface area contributed by atoms with Gasteiger partial charge in [-0.15, -0.1) is 0 Å². The Morgan fingerprint density at radius 1 is 1.14 bits per heavy atom. The zero-order valence-corrected chi connectivity index (χ0v) is 13.4. The maximum absolute atomic E-state index is 11.5. The monoisotopic (exact) mass is 343 g/mol. The van der Waals surface area contributed by atoms with Crippen molar-refractivity contribution in [2.75, 3.05) is 12.4 Å². The second-order valence-corrected chi connectivity index (χ2v) is 5.44. The van der Waals surface area contributed by atoms with Crippen molar-refractivity contribution in [3.8, 4) is 0 Å². The van der Waals surface area contributed by atoms with Crippen LogP contribution in [0.15, 0.2) is 36.4 Å². The number of rotatable bonds is 4. The van der Waals surface area contributed by atoms with Gasteiger partial charge in [-0.3, -0.25) is 0 Å². The number of ether oxygens (including phenoxy) is 1. The molecule has 0 heterocycles. The van der Waals surface area contributed by atoms with E-state index in [9.17, 15) is 4.79 Å². The standard InChI is InChI=1S/C15H12Cl3NO2/c1-21-15(20)9-3-2-4-10(7-9)19-8-11-12(16)5-6-13(17)14(11)18/h2-7,19H,8H2,1H3. The minimum Gasteiger partial charge on any atom is -0.465 e. The molecule has 2 aromatic carbocycles. The van der Waals surface area contributed by atoms with Crippen LogP contribution in [0.1, 0.15) is 15.9 Å². The minimum absolute atomic E-state index is 0.391. The molecule has 2 rings (SSSR count). The van der Waals surface area contributed by atoms with Gasteiger partial charge in [0.1, 0.15) is 0 Å². The molecule has 3 nitrogen and oxygen atoms in total. The van der Waals surface area contributed by atoms with Gasteiger partial charge in [-0.25, -0.2) is 4.79 Å². The fourth-order valence-corrected chi connectivity index (χ4v) is 2.48. The van der Waals surface area contributed by atoms with Crippen molar-refractivity contribution in [1.82, 2.24) is 0 Å². The number of nitrogens with one attached hydrogen (secondary N) is 1. The summed E-state index contributed by atoms with van der Waals surface area (Å²) < 4.78 is 4.68. The highest BCUT2D eigenvalue weighted by Crippen LogP contribution is 2.31. The van der Waals surface area contributed by atoms with E-state index in [0.717, 1.165) is 5.69 Å². The van der Waals surface area contributed by atoms with Crippen molar-refractivity contribution >= 4 is 46.5 Å². The molecule has 0 atom stereocenters. The number of halogens is 3. The van der Waals surface area contributed by atoms with Gasteiger partial charge in [0.15, 0.2) is 0 Å². The Labute approximate surface area is 137 Å². The Bertz CT molecular complexity index is 674. The lowest BCUT2D eigenvalue weighted by molar-refractivity contribution is 0.0601. The number of benzene rings is 2. The predicted molar refractivity (Wildman–Crippen MR) is 86.6 cm³/mol. The van der Waals surface area contributed by atoms with Gasteiger partial charge in [0.05, 0.1) is 22.7 Å². The average molecular weight is 345 g/mol. The molecule has 0 aliphatic heterocycles. The zero-order valence-electron chi connectivity index (χ0n) is 11.1. The van der Waals surface area contributed by atoms with Crippen LogP contribution in [-0.2, 0) is 11.3 Å². The highest BCUT2D eigenvalue weighted by atomic mass is 35.5. The normalized spacial score (nSPS) is 10.3. The summed E-state index contributed by atoms with van der Waals surface area (Å²) in [5, 5.41) is 4.55. The third kappa shape index (κ3) is 3.82. The molecule has 0 fully saturated rings. The van der Waals surface area contributed by atoms with Crippen LogP contribution >= 0.6 is 34.8 Å². The molecule has 0 saturated heterocycles. The third-order valence-electron chi connectivity index (χ3n) is 2.89. The van der Waals surface area contributed by atoms with E-state index in [4.69, 9.17) is 34.8 Å². The van der Waals surface area contributed by atoms with Crippen LogP contribution in [0.2, 0.25) is 15.1 Å². The zero-order chi connectivity index (χ0) is 15.4. The SMILES string of the molecule is COC(=O)c1cccc(NCc2c(Cl)ccc(Cl)c2Cl)c1. The van der Waals surface area contributed by atoms with E-state index in [1.807, 2.05) is 6.07 Å². The van der Waals surface area contributed by atoms with Crippen LogP contribution in [0.5, 0.6) is 0 Å². The molecule has 2 aromatic rings. The first-order valence-electron chi connectivity index (χ1n) is 6.07. The van der Waals surface area contributed by atoms with Crippen LogP contribution < -0.4 is 5.32 Å². The summed E-state index contributed by atoms with van der Waals surface area (Å²) in [5.41, 5.74) is 1.92. The summed E-state index contributed by atoms with van der Waals surface area (Å²) in [7, 11) is 1.34. The number of esters is 1. The number of methoxy groups -OCH3 is 1. The highest BCUT2D eigenvalue weighted by molar-refractivity contribution is 6.44. The summed E-state index contributed by atoms with van der Waals surface area (Å²) in [6.07, 6.45) is 0. The van der Waals surface area contributed by atoms with Crippen molar-refractivity contribution in [2.45, 2.75) is 6.54 Å². The van der Waals surface area contributed by atoms with Crippen molar-refractivity contribution in [3.63, 3.8) is 0 Å². The molecular formula is C15H12Cl3NO2. The van der Waals surface area contributed by atoms with Crippen molar-refractivity contribution in [1.29, 1.82) is 0 Å². The van der Waals surface area contributed by atoms with E-state index in [0.29, 0.717) is 32.7 Å². The highest BCUT2D eigenvalue weighted by Gasteiger charge is 2.10. The largest absolute Gasteiger partial charge is 0.465 e. The molecule has 21 heavy (non-hydrogen) atoms. The molecule has 0 amide bonds. The molecule has 0 spiro atoms. The van der Waals surface area contributed by atoms with Crippen LogP contribution in [-0.4, -0.2) is 13.1 Å². The topological polar surface area (TPSA) is 38.3 Å². The van der Waals surface area contributed by atoms with E-state index in [1.54, 1.807) is 30.3 Å². The quantitative estimate of drug-likeness (QED) is 0.623. The fraction of sp³-hybridized carbons (Fsp3) is 0.133. The Balaban J connectivity index is 2.17. The molecule has 6 heteroatoms. The molecule has 0 radical (unpaired) electrons. The predicted octanol–water partition coefficient (Wildman–Crippen LogP) is 5.05. The van der Waals surface area contributed by atoms with Crippen LogP contribution in [0.25, 0.3) is 0 Å². The molecule has 1 N–H and O–H groups in total. The van der Waals surface area contributed by atoms with Gasteiger partial charge >= 0.3 is 5.97 Å².